The molecule has 0 bridgehead atoms. The quantitative estimate of drug-likeness (QED) is 0.712. The van der Waals surface area contributed by atoms with E-state index in [9.17, 15) is 0 Å². The molecule has 0 unspecified atom stereocenters. The number of halogens is 1. The topological polar surface area (TPSA) is 28.7 Å². The van der Waals surface area contributed by atoms with Crippen molar-refractivity contribution in [2.45, 2.75) is 6.92 Å². The maximum atomic E-state index is 4.02. The number of nitrogens with zero attached hydrogens (tertiary/aromatic N) is 1. The molecule has 0 atom stereocenters. The molecule has 2 nitrogen and oxygen atoms in total. The van der Waals surface area contributed by atoms with Crippen LogP contribution in [0.25, 0.3) is 10.9 Å². The van der Waals surface area contributed by atoms with Gasteiger partial charge in [-0.25, -0.2) is 0 Å². The molecule has 0 spiro atoms. The Morgan fingerprint density at radius 1 is 1.55 bits per heavy atom. The summed E-state index contributed by atoms with van der Waals surface area (Å²) >= 11 is 3.49. The molecule has 3 heteroatoms. The van der Waals surface area contributed by atoms with Gasteiger partial charge < -0.3 is 4.98 Å². The van der Waals surface area contributed by atoms with E-state index in [1.165, 1.54) is 5.39 Å². The molecule has 0 aliphatic heterocycles. The zero-order valence-electron chi connectivity index (χ0n) is 6.06. The summed E-state index contributed by atoms with van der Waals surface area (Å²) in [5, 5.41) is 1.19. The van der Waals surface area contributed by atoms with Gasteiger partial charge in [0.1, 0.15) is 0 Å². The van der Waals surface area contributed by atoms with Crippen LogP contribution in [-0.4, -0.2) is 9.97 Å². The molecule has 2 aromatic rings. The lowest BCUT2D eigenvalue weighted by Crippen LogP contribution is -1.69. The number of aromatic nitrogens is 2. The van der Waals surface area contributed by atoms with Crippen LogP contribution in [0.5, 0.6) is 0 Å². The Bertz CT molecular complexity index is 392. The van der Waals surface area contributed by atoms with Gasteiger partial charge in [-0.3, -0.25) is 4.98 Å². The summed E-state index contributed by atoms with van der Waals surface area (Å²) in [5.74, 6) is 0. The highest BCUT2D eigenvalue weighted by Gasteiger charge is 2.02. The average molecular weight is 211 g/mol. The highest BCUT2D eigenvalue weighted by Crippen LogP contribution is 2.25. The summed E-state index contributed by atoms with van der Waals surface area (Å²) in [4.78, 5) is 7.23. The van der Waals surface area contributed by atoms with Crippen LogP contribution < -0.4 is 0 Å². The molecule has 2 heterocycles. The van der Waals surface area contributed by atoms with E-state index < -0.39 is 0 Å². The highest BCUT2D eigenvalue weighted by molar-refractivity contribution is 9.10. The summed E-state index contributed by atoms with van der Waals surface area (Å²) < 4.78 is 1.13. The van der Waals surface area contributed by atoms with Crippen molar-refractivity contribution in [2.75, 3.05) is 0 Å². The smallest absolute Gasteiger partial charge is 0.0654 e. The van der Waals surface area contributed by atoms with Crippen molar-refractivity contribution >= 4 is 26.8 Å². The first-order valence-corrected chi connectivity index (χ1v) is 4.16. The van der Waals surface area contributed by atoms with E-state index in [1.807, 2.05) is 19.2 Å². The predicted octanol–water partition coefficient (Wildman–Crippen LogP) is 2.63. The largest absolute Gasteiger partial charge is 0.356 e. The molecular formula is C8H7BrN2. The number of aryl methyl sites for hydroxylation is 1. The van der Waals surface area contributed by atoms with Gasteiger partial charge in [-0.2, -0.15) is 0 Å². The summed E-state index contributed by atoms with van der Waals surface area (Å²) in [5.41, 5.74) is 2.23. The SMILES string of the molecule is Cc1[nH]c2cnccc2c1Br. The van der Waals surface area contributed by atoms with Crippen molar-refractivity contribution < 1.29 is 0 Å². The number of rotatable bonds is 0. The Morgan fingerprint density at radius 3 is 3.09 bits per heavy atom. The minimum absolute atomic E-state index is 1.08. The van der Waals surface area contributed by atoms with Gasteiger partial charge in [0, 0.05) is 21.7 Å². The molecule has 1 N–H and O–H groups in total. The van der Waals surface area contributed by atoms with Gasteiger partial charge in [-0.05, 0) is 28.9 Å². The van der Waals surface area contributed by atoms with Crippen molar-refractivity contribution in [1.29, 1.82) is 0 Å². The summed E-state index contributed by atoms with van der Waals surface area (Å²) in [6, 6.07) is 1.99. The van der Waals surface area contributed by atoms with Crippen molar-refractivity contribution in [3.05, 3.63) is 28.6 Å². The van der Waals surface area contributed by atoms with Crippen LogP contribution in [0.3, 0.4) is 0 Å². The molecule has 2 aromatic heterocycles. The Morgan fingerprint density at radius 2 is 2.36 bits per heavy atom. The molecule has 0 radical (unpaired) electrons. The van der Waals surface area contributed by atoms with E-state index in [2.05, 4.69) is 25.9 Å². The minimum Gasteiger partial charge on any atom is -0.356 e. The van der Waals surface area contributed by atoms with E-state index >= 15 is 0 Å². The molecule has 0 aromatic carbocycles. The molecule has 0 aliphatic carbocycles. The number of fused-ring (bicyclic) bond motifs is 1. The highest BCUT2D eigenvalue weighted by atomic mass is 79.9. The number of pyridine rings is 1. The standard InChI is InChI=1S/C8H7BrN2/c1-5-8(9)6-2-3-10-4-7(6)11-5/h2-4,11H,1H3. The molecule has 0 amide bonds. The van der Waals surface area contributed by atoms with Crippen molar-refractivity contribution in [3.63, 3.8) is 0 Å². The Balaban J connectivity index is 2.92. The molecule has 2 rings (SSSR count). The fraction of sp³-hybridized carbons (Fsp3) is 0.125. The zero-order valence-corrected chi connectivity index (χ0v) is 7.64. The first-order chi connectivity index (χ1) is 5.29. The first-order valence-electron chi connectivity index (χ1n) is 3.37. The van der Waals surface area contributed by atoms with Gasteiger partial charge >= 0.3 is 0 Å². The summed E-state index contributed by atoms with van der Waals surface area (Å²) in [7, 11) is 0. The monoisotopic (exact) mass is 210 g/mol. The second-order valence-corrected chi connectivity index (χ2v) is 3.28. The molecule has 0 fully saturated rings. The van der Waals surface area contributed by atoms with E-state index in [1.54, 1.807) is 6.20 Å². The molecular weight excluding hydrogens is 204 g/mol. The third kappa shape index (κ3) is 0.959. The van der Waals surface area contributed by atoms with Gasteiger partial charge in [0.05, 0.1) is 11.7 Å². The van der Waals surface area contributed by atoms with E-state index in [4.69, 9.17) is 0 Å². The van der Waals surface area contributed by atoms with Gasteiger partial charge in [0.2, 0.25) is 0 Å². The second kappa shape index (κ2) is 2.34. The summed E-state index contributed by atoms with van der Waals surface area (Å²) in [6.45, 7) is 2.03. The normalized spacial score (nSPS) is 10.7. The van der Waals surface area contributed by atoms with Crippen LogP contribution in [0.4, 0.5) is 0 Å². The second-order valence-electron chi connectivity index (χ2n) is 2.49. The van der Waals surface area contributed by atoms with Crippen LogP contribution in [0.2, 0.25) is 0 Å². The number of hydrogen-bond donors (Lipinski definition) is 1. The van der Waals surface area contributed by atoms with E-state index in [0.29, 0.717) is 0 Å². The fourth-order valence-corrected chi connectivity index (χ4v) is 1.59. The number of nitrogens with one attached hydrogen (secondary N) is 1. The maximum Gasteiger partial charge on any atom is 0.0654 e. The number of aromatic amines is 1. The predicted molar refractivity (Wildman–Crippen MR) is 48.5 cm³/mol. The number of hydrogen-bond acceptors (Lipinski definition) is 1. The van der Waals surface area contributed by atoms with Crippen molar-refractivity contribution in [1.82, 2.24) is 9.97 Å². The maximum absolute atomic E-state index is 4.02. The van der Waals surface area contributed by atoms with Gasteiger partial charge in [0.15, 0.2) is 0 Å². The lowest BCUT2D eigenvalue weighted by atomic mass is 10.3. The molecule has 0 saturated heterocycles. The lowest BCUT2D eigenvalue weighted by molar-refractivity contribution is 1.27. The third-order valence-corrected chi connectivity index (χ3v) is 2.73. The first kappa shape index (κ1) is 6.85. The van der Waals surface area contributed by atoms with Crippen molar-refractivity contribution in [3.8, 4) is 0 Å². The zero-order chi connectivity index (χ0) is 7.84. The van der Waals surface area contributed by atoms with Crippen LogP contribution >= 0.6 is 15.9 Å². The van der Waals surface area contributed by atoms with Crippen LogP contribution in [0, 0.1) is 6.92 Å². The molecule has 11 heavy (non-hydrogen) atoms. The van der Waals surface area contributed by atoms with E-state index in [0.717, 1.165) is 15.7 Å². The summed E-state index contributed by atoms with van der Waals surface area (Å²) in [6.07, 6.45) is 3.62. The fourth-order valence-electron chi connectivity index (χ4n) is 1.14. The van der Waals surface area contributed by atoms with Gasteiger partial charge in [0.25, 0.3) is 0 Å². The third-order valence-electron chi connectivity index (χ3n) is 1.71. The van der Waals surface area contributed by atoms with Gasteiger partial charge in [-0.1, -0.05) is 0 Å². The lowest BCUT2D eigenvalue weighted by Gasteiger charge is -1.85. The molecule has 0 aliphatic rings. The van der Waals surface area contributed by atoms with E-state index in [-0.39, 0.29) is 0 Å². The molecule has 0 saturated carbocycles. The Kier molecular flexibility index (Phi) is 1.46. The van der Waals surface area contributed by atoms with Gasteiger partial charge in [-0.15, -0.1) is 0 Å². The van der Waals surface area contributed by atoms with Crippen molar-refractivity contribution in [2.24, 2.45) is 0 Å². The van der Waals surface area contributed by atoms with Crippen LogP contribution in [-0.2, 0) is 0 Å². The number of H-pyrrole nitrogens is 1. The van der Waals surface area contributed by atoms with Crippen LogP contribution in [0.1, 0.15) is 5.69 Å². The van der Waals surface area contributed by atoms with Crippen LogP contribution in [0.15, 0.2) is 22.9 Å². The average Bonchev–Trinajstić information content (AvgIpc) is 2.30. The minimum atomic E-state index is 1.08. The molecule has 56 valence electrons. The Labute approximate surface area is 72.8 Å². The Hall–Kier alpha value is -0.830.